The first-order valence-corrected chi connectivity index (χ1v) is 12.2. The minimum absolute atomic E-state index is 0.142. The molecule has 35 heavy (non-hydrogen) atoms. The number of hydrogen-bond donors (Lipinski definition) is 1. The normalized spacial score (nSPS) is 19.7. The molecule has 3 aromatic rings. The van der Waals surface area contributed by atoms with Gasteiger partial charge in [0.25, 0.3) is 0 Å². The summed E-state index contributed by atoms with van der Waals surface area (Å²) in [6.45, 7) is 5.54. The van der Waals surface area contributed by atoms with Crippen LogP contribution in [0.4, 0.5) is 20.3 Å². The first kappa shape index (κ1) is 23.8. The largest absolute Gasteiger partial charge is 0.383 e. The number of nitrogens with zero attached hydrogens (tertiary/aromatic N) is 4. The van der Waals surface area contributed by atoms with Gasteiger partial charge in [-0.1, -0.05) is 18.2 Å². The van der Waals surface area contributed by atoms with E-state index in [9.17, 15) is 8.78 Å². The molecule has 2 fully saturated rings. The van der Waals surface area contributed by atoms with Gasteiger partial charge in [-0.05, 0) is 57.2 Å². The van der Waals surface area contributed by atoms with Crippen LogP contribution in [0.5, 0.6) is 0 Å². The van der Waals surface area contributed by atoms with Gasteiger partial charge in [-0.3, -0.25) is 4.98 Å². The topological polar surface area (TPSA) is 72.4 Å². The van der Waals surface area contributed by atoms with Crippen LogP contribution in [0.1, 0.15) is 55.5 Å². The molecule has 2 atom stereocenters. The average molecular weight is 484 g/mol. The van der Waals surface area contributed by atoms with Gasteiger partial charge in [0.2, 0.25) is 0 Å². The summed E-state index contributed by atoms with van der Waals surface area (Å²) in [5.41, 5.74) is 3.06. The third-order valence-corrected chi connectivity index (χ3v) is 6.76. The minimum Gasteiger partial charge on any atom is -0.380 e. The number of aryl methyl sites for hydroxylation is 1. The van der Waals surface area contributed by atoms with Crippen molar-refractivity contribution in [1.29, 1.82) is 0 Å². The predicted molar refractivity (Wildman–Crippen MR) is 131 cm³/mol. The molecule has 0 spiro atoms. The van der Waals surface area contributed by atoms with Crippen molar-refractivity contribution in [2.75, 3.05) is 30.4 Å². The highest BCUT2D eigenvalue weighted by atomic mass is 19.3. The number of hydrogen-bond acceptors (Lipinski definition) is 7. The molecule has 0 amide bonds. The summed E-state index contributed by atoms with van der Waals surface area (Å²) < 4.78 is 39.6. The molecule has 1 aliphatic heterocycles. The van der Waals surface area contributed by atoms with Gasteiger partial charge in [-0.25, -0.2) is 0 Å². The van der Waals surface area contributed by atoms with Crippen molar-refractivity contribution in [1.82, 2.24) is 15.2 Å². The first-order chi connectivity index (χ1) is 16.8. The molecule has 1 N–H and O–H groups in total. The van der Waals surface area contributed by atoms with Gasteiger partial charge < -0.3 is 19.7 Å². The van der Waals surface area contributed by atoms with Crippen molar-refractivity contribution in [3.8, 4) is 0 Å². The summed E-state index contributed by atoms with van der Waals surface area (Å²) in [4.78, 5) is 6.96. The van der Waals surface area contributed by atoms with Crippen molar-refractivity contribution in [2.24, 2.45) is 0 Å². The van der Waals surface area contributed by atoms with Crippen molar-refractivity contribution >= 4 is 22.4 Å². The highest BCUT2D eigenvalue weighted by Crippen LogP contribution is 2.38. The minimum atomic E-state index is -3.30. The molecule has 2 aromatic heterocycles. The second-order valence-electron chi connectivity index (χ2n) is 9.50. The van der Waals surface area contributed by atoms with Gasteiger partial charge in [0.15, 0.2) is 5.82 Å². The number of aromatic nitrogens is 3. The maximum Gasteiger partial charge on any atom is 0.383 e. The van der Waals surface area contributed by atoms with Crippen LogP contribution in [-0.4, -0.2) is 47.6 Å². The Morgan fingerprint density at radius 1 is 1.14 bits per heavy atom. The number of fused-ring (bicyclic) bond motifs is 1. The third kappa shape index (κ3) is 5.21. The van der Waals surface area contributed by atoms with E-state index in [1.54, 1.807) is 13.2 Å². The molecule has 7 nitrogen and oxygen atoms in total. The number of alkyl halides is 2. The zero-order chi connectivity index (χ0) is 24.6. The molecule has 1 aromatic carbocycles. The Hall–Kier alpha value is -2.91. The van der Waals surface area contributed by atoms with Crippen molar-refractivity contribution in [2.45, 2.75) is 63.9 Å². The zero-order valence-electron chi connectivity index (χ0n) is 20.3. The molecule has 1 aliphatic carbocycles. The Balaban J connectivity index is 1.41. The van der Waals surface area contributed by atoms with Crippen LogP contribution in [0.3, 0.4) is 0 Å². The summed E-state index contributed by atoms with van der Waals surface area (Å²) >= 11 is 0. The average Bonchev–Trinajstić information content (AvgIpc) is 3.69. The van der Waals surface area contributed by atoms with E-state index in [0.29, 0.717) is 24.2 Å². The van der Waals surface area contributed by atoms with E-state index in [-0.39, 0.29) is 23.8 Å². The van der Waals surface area contributed by atoms with Crippen LogP contribution in [0.2, 0.25) is 0 Å². The van der Waals surface area contributed by atoms with Gasteiger partial charge in [0.05, 0.1) is 46.9 Å². The lowest BCUT2D eigenvalue weighted by molar-refractivity contribution is -0.255. The van der Waals surface area contributed by atoms with Crippen LogP contribution in [0.25, 0.3) is 10.9 Å². The van der Waals surface area contributed by atoms with Gasteiger partial charge >= 0.3 is 6.11 Å². The summed E-state index contributed by atoms with van der Waals surface area (Å²) in [6.07, 6.45) is 1.89. The molecule has 0 bridgehead atoms. The fourth-order valence-electron chi connectivity index (χ4n) is 4.53. The van der Waals surface area contributed by atoms with Crippen molar-refractivity contribution < 1.29 is 18.3 Å². The van der Waals surface area contributed by atoms with Crippen LogP contribution in [0, 0.1) is 6.92 Å². The summed E-state index contributed by atoms with van der Waals surface area (Å²) in [5, 5.41) is 12.9. The number of rotatable bonds is 8. The van der Waals surface area contributed by atoms with E-state index in [2.05, 4.69) is 31.5 Å². The number of pyridine rings is 1. The van der Waals surface area contributed by atoms with Gasteiger partial charge in [0.1, 0.15) is 0 Å². The van der Waals surface area contributed by atoms with Gasteiger partial charge in [-0.2, -0.15) is 13.9 Å². The van der Waals surface area contributed by atoms with Gasteiger partial charge in [0, 0.05) is 25.6 Å². The summed E-state index contributed by atoms with van der Waals surface area (Å²) in [6, 6.07) is 8.14. The molecule has 3 heterocycles. The number of methoxy groups -OCH3 is 1. The van der Waals surface area contributed by atoms with Crippen LogP contribution >= 0.6 is 0 Å². The fraction of sp³-hybridized carbons (Fsp3) is 0.500. The summed E-state index contributed by atoms with van der Waals surface area (Å²) in [5.74, 6) is 0.569. The zero-order valence-corrected chi connectivity index (χ0v) is 20.3. The smallest absolute Gasteiger partial charge is 0.380 e. The van der Waals surface area contributed by atoms with E-state index < -0.39 is 6.11 Å². The maximum atomic E-state index is 14.6. The number of ether oxygens (including phenoxy) is 2. The second-order valence-corrected chi connectivity index (χ2v) is 9.50. The fourth-order valence-corrected chi connectivity index (χ4v) is 4.53. The number of nitrogens with one attached hydrogen (secondary N) is 1. The Labute approximate surface area is 203 Å². The number of piperidine rings is 1. The monoisotopic (exact) mass is 483 g/mol. The van der Waals surface area contributed by atoms with Crippen LogP contribution in [-0.2, 0) is 15.6 Å². The van der Waals surface area contributed by atoms with Crippen LogP contribution in [0.15, 0.2) is 36.5 Å². The Morgan fingerprint density at radius 3 is 2.74 bits per heavy atom. The van der Waals surface area contributed by atoms with Crippen molar-refractivity contribution in [3.63, 3.8) is 0 Å². The van der Waals surface area contributed by atoms with Crippen LogP contribution < -0.4 is 10.2 Å². The standard InChI is InChI=1S/C26H31F2N5O2/c1-16(18-6-4-7-19(12-18)26(27,28)35-21-9-10-21)30-25-23-13-20(14-29-24(23)17(2)31-32-25)33-11-5-8-22(15-33)34-3/h4,6-7,12-14,16,21-22H,5,8-11,15H2,1-3H3,(H,30,32)/t16-,22+/m1/s1. The second kappa shape index (κ2) is 9.62. The van der Waals surface area contributed by atoms with Crippen molar-refractivity contribution in [3.05, 3.63) is 53.3 Å². The predicted octanol–water partition coefficient (Wildman–Crippen LogP) is 5.35. The van der Waals surface area contributed by atoms with E-state index >= 15 is 0 Å². The lowest BCUT2D eigenvalue weighted by atomic mass is 10.0. The number of anilines is 2. The molecule has 186 valence electrons. The van der Waals surface area contributed by atoms with E-state index in [4.69, 9.17) is 9.47 Å². The molecule has 5 rings (SSSR count). The Kier molecular flexibility index (Phi) is 6.55. The van der Waals surface area contributed by atoms with E-state index in [1.807, 2.05) is 26.1 Å². The SMILES string of the molecule is CO[C@H]1CCCN(c2cnc3c(C)nnc(N[C@H](C)c4cccc(C(F)(F)OC5CC5)c4)c3c2)C1. The molecule has 0 radical (unpaired) electrons. The maximum absolute atomic E-state index is 14.6. The molecule has 1 saturated carbocycles. The molecule has 9 heteroatoms. The quantitative estimate of drug-likeness (QED) is 0.463. The lowest BCUT2D eigenvalue weighted by Gasteiger charge is -2.33. The first-order valence-electron chi connectivity index (χ1n) is 12.2. The molecule has 1 saturated heterocycles. The van der Waals surface area contributed by atoms with E-state index in [1.165, 1.54) is 12.1 Å². The Morgan fingerprint density at radius 2 is 1.97 bits per heavy atom. The van der Waals surface area contributed by atoms with Gasteiger partial charge in [-0.15, -0.1) is 5.10 Å². The highest BCUT2D eigenvalue weighted by Gasteiger charge is 2.40. The van der Waals surface area contributed by atoms with E-state index in [0.717, 1.165) is 48.2 Å². The number of benzene rings is 1. The molecular formula is C26H31F2N5O2. The molecular weight excluding hydrogens is 452 g/mol. The Bertz CT molecular complexity index is 1200. The highest BCUT2D eigenvalue weighted by molar-refractivity contribution is 5.92. The number of halogens is 2. The molecule has 0 unspecified atom stereocenters. The third-order valence-electron chi connectivity index (χ3n) is 6.76. The molecule has 2 aliphatic rings. The summed E-state index contributed by atoms with van der Waals surface area (Å²) in [7, 11) is 1.75. The lowest BCUT2D eigenvalue weighted by Crippen LogP contribution is -2.39.